The van der Waals surface area contributed by atoms with Crippen molar-refractivity contribution in [3.8, 4) is 11.5 Å². The van der Waals surface area contributed by atoms with Gasteiger partial charge in [-0.05, 0) is 45.0 Å². The summed E-state index contributed by atoms with van der Waals surface area (Å²) < 4.78 is 13.1. The maximum atomic E-state index is 12.8. The molecule has 1 aromatic heterocycles. The van der Waals surface area contributed by atoms with E-state index in [0.29, 0.717) is 42.8 Å². The molecule has 0 saturated heterocycles. The second-order valence-corrected chi connectivity index (χ2v) is 7.74. The fraction of sp³-hybridized carbons (Fsp3) is 0.292. The number of rotatable bonds is 4. The number of carbonyl (C=O) groups is 1. The number of aryl methyl sites for hydroxylation is 3. The Kier molecular flexibility index (Phi) is 6.11. The lowest BCUT2D eigenvalue weighted by Gasteiger charge is -2.19. The summed E-state index contributed by atoms with van der Waals surface area (Å²) in [5.41, 5.74) is 5.36. The van der Waals surface area contributed by atoms with Gasteiger partial charge in [0.1, 0.15) is 13.2 Å². The van der Waals surface area contributed by atoms with Crippen LogP contribution in [-0.2, 0) is 13.6 Å². The number of fused-ring (bicyclic) bond motifs is 1. The van der Waals surface area contributed by atoms with Crippen LogP contribution in [0.15, 0.2) is 47.5 Å². The number of carbonyl (C=O) groups excluding carboxylic acids is 1. The van der Waals surface area contributed by atoms with Gasteiger partial charge in [-0.15, -0.1) is 0 Å². The maximum Gasteiger partial charge on any atom is 0.257 e. The number of aromatic nitrogens is 2. The Labute approximate surface area is 187 Å². The van der Waals surface area contributed by atoms with Gasteiger partial charge in [-0.25, -0.2) is 4.99 Å². The smallest absolute Gasteiger partial charge is 0.257 e. The van der Waals surface area contributed by atoms with Crippen molar-refractivity contribution in [2.75, 3.05) is 18.5 Å². The molecule has 4 rings (SSSR count). The van der Waals surface area contributed by atoms with E-state index >= 15 is 0 Å². The lowest BCUT2D eigenvalue weighted by atomic mass is 10.1. The van der Waals surface area contributed by atoms with Gasteiger partial charge in [0.25, 0.3) is 5.91 Å². The summed E-state index contributed by atoms with van der Waals surface area (Å²) in [6.07, 6.45) is 0. The number of ether oxygens (including phenoxy) is 2. The molecule has 0 fully saturated rings. The van der Waals surface area contributed by atoms with Crippen molar-refractivity contribution in [2.24, 2.45) is 12.0 Å². The van der Waals surface area contributed by atoms with Crippen LogP contribution in [0.2, 0.25) is 0 Å². The van der Waals surface area contributed by atoms with E-state index in [-0.39, 0.29) is 5.91 Å². The molecule has 2 heterocycles. The Morgan fingerprint density at radius 1 is 1.06 bits per heavy atom. The standard InChI is InChI=1S/C24H27N5O3/c1-15-5-7-18(8-6-15)23(30)27-24(25-14-20-16(2)28-29(4)17(20)3)26-19-9-10-21-22(13-19)32-12-11-31-21/h5-10,13H,11-12,14H2,1-4H3,(H2,25,26,27,30). The fourth-order valence-corrected chi connectivity index (χ4v) is 3.46. The van der Waals surface area contributed by atoms with Crippen molar-refractivity contribution < 1.29 is 14.3 Å². The first-order valence-corrected chi connectivity index (χ1v) is 10.5. The van der Waals surface area contributed by atoms with Gasteiger partial charge in [0.15, 0.2) is 11.5 Å². The molecular weight excluding hydrogens is 406 g/mol. The number of aliphatic imine (C=N–C) groups is 1. The first kappa shape index (κ1) is 21.4. The molecular formula is C24H27N5O3. The third kappa shape index (κ3) is 4.74. The van der Waals surface area contributed by atoms with Gasteiger partial charge < -0.3 is 14.8 Å². The van der Waals surface area contributed by atoms with Crippen molar-refractivity contribution in [3.63, 3.8) is 0 Å². The van der Waals surface area contributed by atoms with E-state index in [1.807, 2.05) is 62.8 Å². The van der Waals surface area contributed by atoms with Gasteiger partial charge in [0.05, 0.1) is 12.2 Å². The largest absolute Gasteiger partial charge is 0.486 e. The van der Waals surface area contributed by atoms with E-state index in [9.17, 15) is 4.79 Å². The van der Waals surface area contributed by atoms with Gasteiger partial charge in [-0.3, -0.25) is 14.8 Å². The molecule has 1 amide bonds. The molecule has 0 saturated carbocycles. The van der Waals surface area contributed by atoms with Crippen molar-refractivity contribution in [1.29, 1.82) is 0 Å². The molecule has 0 unspecified atom stereocenters. The lowest BCUT2D eigenvalue weighted by Crippen LogP contribution is -2.36. The Balaban J connectivity index is 1.59. The van der Waals surface area contributed by atoms with Crippen molar-refractivity contribution in [1.82, 2.24) is 15.1 Å². The number of amides is 1. The van der Waals surface area contributed by atoms with E-state index in [2.05, 4.69) is 20.7 Å². The summed E-state index contributed by atoms with van der Waals surface area (Å²) in [5.74, 6) is 1.46. The predicted octanol–water partition coefficient (Wildman–Crippen LogP) is 3.51. The van der Waals surface area contributed by atoms with Gasteiger partial charge in [0.2, 0.25) is 5.96 Å². The molecule has 8 heteroatoms. The average molecular weight is 434 g/mol. The van der Waals surface area contributed by atoms with Crippen LogP contribution in [0.25, 0.3) is 0 Å². The topological polar surface area (TPSA) is 89.8 Å². The highest BCUT2D eigenvalue weighted by Gasteiger charge is 2.15. The van der Waals surface area contributed by atoms with Crippen molar-refractivity contribution in [2.45, 2.75) is 27.3 Å². The minimum atomic E-state index is -0.242. The second kappa shape index (κ2) is 9.13. The zero-order valence-corrected chi connectivity index (χ0v) is 18.7. The number of anilines is 1. The van der Waals surface area contributed by atoms with Gasteiger partial charge in [-0.1, -0.05) is 17.7 Å². The lowest BCUT2D eigenvalue weighted by molar-refractivity contribution is 0.0977. The quantitative estimate of drug-likeness (QED) is 0.485. The Bertz CT molecular complexity index is 1170. The molecule has 0 aliphatic carbocycles. The SMILES string of the molecule is Cc1ccc(C(=O)NC(=NCc2c(C)nn(C)c2C)Nc2ccc3c(c2)OCCO3)cc1. The first-order valence-electron chi connectivity index (χ1n) is 10.5. The summed E-state index contributed by atoms with van der Waals surface area (Å²) in [6, 6.07) is 12.9. The van der Waals surface area contributed by atoms with Crippen LogP contribution >= 0.6 is 0 Å². The van der Waals surface area contributed by atoms with Crippen molar-refractivity contribution >= 4 is 17.6 Å². The number of nitrogens with zero attached hydrogens (tertiary/aromatic N) is 3. The summed E-state index contributed by atoms with van der Waals surface area (Å²) in [5, 5.41) is 10.6. The molecule has 32 heavy (non-hydrogen) atoms. The Morgan fingerprint density at radius 3 is 2.47 bits per heavy atom. The number of nitrogens with one attached hydrogen (secondary N) is 2. The summed E-state index contributed by atoms with van der Waals surface area (Å²) >= 11 is 0. The second-order valence-electron chi connectivity index (χ2n) is 7.74. The van der Waals surface area contributed by atoms with E-state index in [4.69, 9.17) is 9.47 Å². The summed E-state index contributed by atoms with van der Waals surface area (Å²) in [7, 11) is 1.91. The van der Waals surface area contributed by atoms with E-state index in [1.54, 1.807) is 12.1 Å². The van der Waals surface area contributed by atoms with Gasteiger partial charge in [0, 0.05) is 35.6 Å². The van der Waals surface area contributed by atoms with Crippen molar-refractivity contribution in [3.05, 3.63) is 70.5 Å². The Morgan fingerprint density at radius 2 is 1.78 bits per heavy atom. The molecule has 166 valence electrons. The number of hydrogen-bond donors (Lipinski definition) is 2. The molecule has 0 spiro atoms. The van der Waals surface area contributed by atoms with Crippen LogP contribution in [0.1, 0.15) is 32.9 Å². The molecule has 1 aliphatic rings. The fourth-order valence-electron chi connectivity index (χ4n) is 3.46. The van der Waals surface area contributed by atoms with Crippen LogP contribution in [0.3, 0.4) is 0 Å². The highest BCUT2D eigenvalue weighted by molar-refractivity contribution is 6.10. The monoisotopic (exact) mass is 433 g/mol. The molecule has 1 aliphatic heterocycles. The van der Waals surface area contributed by atoms with E-state index < -0.39 is 0 Å². The highest BCUT2D eigenvalue weighted by atomic mass is 16.6. The molecule has 2 N–H and O–H groups in total. The maximum absolute atomic E-state index is 12.8. The van der Waals surface area contributed by atoms with Gasteiger partial charge in [-0.2, -0.15) is 5.10 Å². The number of hydrogen-bond acceptors (Lipinski definition) is 5. The molecule has 2 aromatic carbocycles. The zero-order chi connectivity index (χ0) is 22.7. The summed E-state index contributed by atoms with van der Waals surface area (Å²) in [6.45, 7) is 7.35. The molecule has 0 radical (unpaired) electrons. The van der Waals surface area contributed by atoms with Crippen LogP contribution in [0, 0.1) is 20.8 Å². The molecule has 8 nitrogen and oxygen atoms in total. The van der Waals surface area contributed by atoms with Crippen LogP contribution in [0.4, 0.5) is 5.69 Å². The third-order valence-electron chi connectivity index (χ3n) is 5.40. The van der Waals surface area contributed by atoms with Crippen LogP contribution in [-0.4, -0.2) is 34.9 Å². The third-order valence-corrected chi connectivity index (χ3v) is 5.40. The highest BCUT2D eigenvalue weighted by Crippen LogP contribution is 2.32. The average Bonchev–Trinajstić information content (AvgIpc) is 3.03. The number of guanidine groups is 1. The first-order chi connectivity index (χ1) is 15.4. The van der Waals surface area contributed by atoms with E-state index in [0.717, 1.165) is 28.2 Å². The molecule has 0 atom stereocenters. The van der Waals surface area contributed by atoms with E-state index in [1.165, 1.54) is 0 Å². The molecule has 0 bridgehead atoms. The minimum absolute atomic E-state index is 0.242. The Hall–Kier alpha value is -3.81. The molecule has 3 aromatic rings. The van der Waals surface area contributed by atoms with Gasteiger partial charge >= 0.3 is 0 Å². The predicted molar refractivity (Wildman–Crippen MR) is 124 cm³/mol. The number of benzene rings is 2. The zero-order valence-electron chi connectivity index (χ0n) is 18.7. The minimum Gasteiger partial charge on any atom is -0.486 e. The van der Waals surface area contributed by atoms with Crippen LogP contribution < -0.4 is 20.1 Å². The summed E-state index contributed by atoms with van der Waals surface area (Å²) in [4.78, 5) is 17.5. The van der Waals surface area contributed by atoms with Crippen LogP contribution in [0.5, 0.6) is 11.5 Å². The normalized spacial score (nSPS) is 13.1.